The van der Waals surface area contributed by atoms with Crippen molar-refractivity contribution in [2.24, 2.45) is 0 Å². The van der Waals surface area contributed by atoms with E-state index in [4.69, 9.17) is 11.6 Å². The predicted octanol–water partition coefficient (Wildman–Crippen LogP) is 2.73. The maximum Gasteiger partial charge on any atom is 0.322 e. The Labute approximate surface area is 130 Å². The van der Waals surface area contributed by atoms with Crippen LogP contribution in [0.2, 0.25) is 5.02 Å². The standard InChI is InChI=1S/C12H13BrClNO4S/c13-9-7-8(4-5-10(9)14)20(18,19)15-6-2-1-3-11(15)12(16)17/h4-5,7,11H,1-3,6H2,(H,16,17)/t11-/m0/s1. The van der Waals surface area contributed by atoms with E-state index in [1.165, 1.54) is 18.2 Å². The topological polar surface area (TPSA) is 74.7 Å². The van der Waals surface area contributed by atoms with E-state index in [-0.39, 0.29) is 11.4 Å². The van der Waals surface area contributed by atoms with Gasteiger partial charge >= 0.3 is 5.97 Å². The molecule has 1 saturated heterocycles. The van der Waals surface area contributed by atoms with Gasteiger partial charge in [-0.2, -0.15) is 4.31 Å². The molecule has 1 fully saturated rings. The average Bonchev–Trinajstić information content (AvgIpc) is 2.41. The van der Waals surface area contributed by atoms with Crippen LogP contribution in [-0.4, -0.2) is 36.4 Å². The highest BCUT2D eigenvalue weighted by Gasteiger charge is 2.37. The summed E-state index contributed by atoms with van der Waals surface area (Å²) in [5, 5.41) is 9.58. The zero-order chi connectivity index (χ0) is 14.9. The number of carboxylic acid groups (broad SMARTS) is 1. The van der Waals surface area contributed by atoms with E-state index in [0.717, 1.165) is 4.31 Å². The maximum atomic E-state index is 12.6. The predicted molar refractivity (Wildman–Crippen MR) is 78.3 cm³/mol. The Hall–Kier alpha value is -0.630. The number of hydrogen-bond acceptors (Lipinski definition) is 3. The van der Waals surface area contributed by atoms with Crippen molar-refractivity contribution >= 4 is 43.5 Å². The maximum absolute atomic E-state index is 12.6. The number of halogens is 2. The van der Waals surface area contributed by atoms with Gasteiger partial charge in [-0.3, -0.25) is 4.79 Å². The summed E-state index contributed by atoms with van der Waals surface area (Å²) in [4.78, 5) is 11.3. The Kier molecular flexibility index (Phi) is 4.73. The molecule has 5 nitrogen and oxygen atoms in total. The monoisotopic (exact) mass is 381 g/mol. The number of rotatable bonds is 3. The zero-order valence-corrected chi connectivity index (χ0v) is 13.6. The summed E-state index contributed by atoms with van der Waals surface area (Å²) in [7, 11) is -3.83. The largest absolute Gasteiger partial charge is 0.480 e. The van der Waals surface area contributed by atoms with E-state index < -0.39 is 22.0 Å². The molecular weight excluding hydrogens is 370 g/mol. The van der Waals surface area contributed by atoms with Gasteiger partial charge < -0.3 is 5.11 Å². The van der Waals surface area contributed by atoms with Crippen molar-refractivity contribution in [1.29, 1.82) is 0 Å². The highest BCUT2D eigenvalue weighted by molar-refractivity contribution is 9.10. The number of carbonyl (C=O) groups is 1. The van der Waals surface area contributed by atoms with Gasteiger partial charge in [0, 0.05) is 11.0 Å². The first-order valence-electron chi connectivity index (χ1n) is 6.04. The molecule has 0 saturated carbocycles. The molecule has 0 spiro atoms. The number of carboxylic acids is 1. The quantitative estimate of drug-likeness (QED) is 0.872. The number of piperidine rings is 1. The second-order valence-electron chi connectivity index (χ2n) is 4.54. The molecule has 1 aliphatic rings. The molecule has 0 aliphatic carbocycles. The molecule has 0 aromatic heterocycles. The van der Waals surface area contributed by atoms with Crippen LogP contribution in [0.5, 0.6) is 0 Å². The van der Waals surface area contributed by atoms with E-state index in [0.29, 0.717) is 28.8 Å². The number of hydrogen-bond donors (Lipinski definition) is 1. The second kappa shape index (κ2) is 6.01. The second-order valence-corrected chi connectivity index (χ2v) is 7.69. The third-order valence-corrected chi connectivity index (χ3v) is 6.35. The van der Waals surface area contributed by atoms with Crippen molar-refractivity contribution in [1.82, 2.24) is 4.31 Å². The molecular formula is C12H13BrClNO4S. The van der Waals surface area contributed by atoms with E-state index in [9.17, 15) is 18.3 Å². The summed E-state index contributed by atoms with van der Waals surface area (Å²) in [6.07, 6.45) is 1.72. The van der Waals surface area contributed by atoms with Crippen LogP contribution < -0.4 is 0 Å². The lowest BCUT2D eigenvalue weighted by molar-refractivity contribution is -0.142. The zero-order valence-electron chi connectivity index (χ0n) is 10.4. The van der Waals surface area contributed by atoms with Crippen molar-refractivity contribution in [2.45, 2.75) is 30.2 Å². The van der Waals surface area contributed by atoms with Crippen LogP contribution in [0.25, 0.3) is 0 Å². The first-order valence-corrected chi connectivity index (χ1v) is 8.65. The van der Waals surface area contributed by atoms with E-state index in [2.05, 4.69) is 15.9 Å². The Morgan fingerprint density at radius 1 is 1.40 bits per heavy atom. The minimum atomic E-state index is -3.83. The van der Waals surface area contributed by atoms with Gasteiger partial charge in [0.15, 0.2) is 0 Å². The molecule has 0 radical (unpaired) electrons. The summed E-state index contributed by atoms with van der Waals surface area (Å²) >= 11 is 9.02. The molecule has 2 rings (SSSR count). The molecule has 1 aromatic rings. The SMILES string of the molecule is O=C(O)[C@@H]1CCCCN1S(=O)(=O)c1ccc(Cl)c(Br)c1. The molecule has 0 amide bonds. The summed E-state index contributed by atoms with van der Waals surface area (Å²) in [6, 6.07) is 3.25. The van der Waals surface area contributed by atoms with Crippen LogP contribution in [0.1, 0.15) is 19.3 Å². The molecule has 110 valence electrons. The molecule has 1 N–H and O–H groups in total. The number of sulfonamides is 1. The van der Waals surface area contributed by atoms with Gasteiger partial charge in [0.25, 0.3) is 0 Å². The smallest absolute Gasteiger partial charge is 0.322 e. The fourth-order valence-electron chi connectivity index (χ4n) is 2.21. The highest BCUT2D eigenvalue weighted by Crippen LogP contribution is 2.30. The van der Waals surface area contributed by atoms with E-state index >= 15 is 0 Å². The van der Waals surface area contributed by atoms with Gasteiger partial charge in [0.05, 0.1) is 9.92 Å². The summed E-state index contributed by atoms with van der Waals surface area (Å²) < 4.78 is 26.7. The fraction of sp³-hybridized carbons (Fsp3) is 0.417. The van der Waals surface area contributed by atoms with Crippen molar-refractivity contribution in [3.8, 4) is 0 Å². The van der Waals surface area contributed by atoms with Crippen LogP contribution in [0.4, 0.5) is 0 Å². The highest BCUT2D eigenvalue weighted by atomic mass is 79.9. The lowest BCUT2D eigenvalue weighted by atomic mass is 10.1. The first-order chi connectivity index (χ1) is 9.34. The molecule has 0 bridgehead atoms. The van der Waals surface area contributed by atoms with Gasteiger partial charge in [0.2, 0.25) is 10.0 Å². The minimum absolute atomic E-state index is 0.0434. The Bertz CT molecular complexity index is 634. The van der Waals surface area contributed by atoms with Crippen LogP contribution in [0.3, 0.4) is 0 Å². The number of benzene rings is 1. The molecule has 1 heterocycles. The Balaban J connectivity index is 2.42. The third-order valence-electron chi connectivity index (χ3n) is 3.24. The molecule has 1 atom stereocenters. The lowest BCUT2D eigenvalue weighted by Gasteiger charge is -2.31. The van der Waals surface area contributed by atoms with Gasteiger partial charge in [-0.15, -0.1) is 0 Å². The van der Waals surface area contributed by atoms with Crippen LogP contribution in [0, 0.1) is 0 Å². The molecule has 1 aromatic carbocycles. The van der Waals surface area contributed by atoms with Gasteiger partial charge in [-0.25, -0.2) is 8.42 Å². The molecule has 0 unspecified atom stereocenters. The summed E-state index contributed by atoms with van der Waals surface area (Å²) in [6.45, 7) is 0.222. The third kappa shape index (κ3) is 3.00. The van der Waals surface area contributed by atoms with Gasteiger partial charge in [-0.1, -0.05) is 11.6 Å². The number of nitrogens with zero attached hydrogens (tertiary/aromatic N) is 1. The Morgan fingerprint density at radius 3 is 2.70 bits per heavy atom. The molecule has 20 heavy (non-hydrogen) atoms. The Morgan fingerprint density at radius 2 is 2.10 bits per heavy atom. The summed E-state index contributed by atoms with van der Waals surface area (Å²) in [5.74, 6) is -1.11. The summed E-state index contributed by atoms with van der Waals surface area (Å²) in [5.41, 5.74) is 0. The normalized spacial score (nSPS) is 20.8. The van der Waals surface area contributed by atoms with Crippen molar-refractivity contribution in [3.63, 3.8) is 0 Å². The van der Waals surface area contributed by atoms with E-state index in [1.807, 2.05) is 0 Å². The van der Waals surface area contributed by atoms with Crippen molar-refractivity contribution < 1.29 is 18.3 Å². The fourth-order valence-corrected chi connectivity index (χ4v) is 4.54. The average molecular weight is 383 g/mol. The number of aliphatic carboxylic acids is 1. The first kappa shape index (κ1) is 15.8. The van der Waals surface area contributed by atoms with Crippen molar-refractivity contribution in [2.75, 3.05) is 6.54 Å². The van der Waals surface area contributed by atoms with Crippen LogP contribution >= 0.6 is 27.5 Å². The minimum Gasteiger partial charge on any atom is -0.480 e. The van der Waals surface area contributed by atoms with Crippen molar-refractivity contribution in [3.05, 3.63) is 27.7 Å². The molecule has 8 heteroatoms. The lowest BCUT2D eigenvalue weighted by Crippen LogP contribution is -2.47. The van der Waals surface area contributed by atoms with Crippen LogP contribution in [0.15, 0.2) is 27.6 Å². The van der Waals surface area contributed by atoms with Gasteiger partial charge in [0.1, 0.15) is 6.04 Å². The van der Waals surface area contributed by atoms with E-state index in [1.54, 1.807) is 0 Å². The molecule has 1 aliphatic heterocycles. The van der Waals surface area contributed by atoms with Crippen LogP contribution in [-0.2, 0) is 14.8 Å². The van der Waals surface area contributed by atoms with Gasteiger partial charge in [-0.05, 0) is 53.4 Å².